The Morgan fingerprint density at radius 3 is 2.10 bits per heavy atom. The third-order valence-corrected chi connectivity index (χ3v) is 6.93. The van der Waals surface area contributed by atoms with Crippen LogP contribution in [-0.2, 0) is 4.74 Å². The minimum absolute atomic E-state index is 0.0622. The molecule has 0 radical (unpaired) electrons. The maximum atomic E-state index is 12.7. The highest BCUT2D eigenvalue weighted by molar-refractivity contribution is 5.79. The molecule has 2 aromatic rings. The summed E-state index contributed by atoms with van der Waals surface area (Å²) in [5, 5.41) is 0. The molecule has 0 unspecified atom stereocenters. The summed E-state index contributed by atoms with van der Waals surface area (Å²) in [6.07, 6.45) is 8.94. The highest BCUT2D eigenvalue weighted by atomic mass is 16.6. The van der Waals surface area contributed by atoms with E-state index in [1.54, 1.807) is 0 Å². The third-order valence-electron chi connectivity index (χ3n) is 6.93. The average Bonchev–Trinajstić information content (AvgIpc) is 3.06. The van der Waals surface area contributed by atoms with E-state index in [2.05, 4.69) is 59.4 Å². The normalized spacial score (nSPS) is 20.3. The number of carbonyl (C=O) groups is 1. The van der Waals surface area contributed by atoms with E-state index >= 15 is 0 Å². The van der Waals surface area contributed by atoms with Gasteiger partial charge in [0.2, 0.25) is 0 Å². The van der Waals surface area contributed by atoms with Gasteiger partial charge in [0, 0.05) is 32.1 Å². The van der Waals surface area contributed by atoms with Crippen LogP contribution < -0.4 is 0 Å². The standard InChI is InChI=1S/C25H26N2O2/c1-2-25(12-7-13-25)27-16-14-26(15-17-27)24(28)29-18-23-21-10-5-3-8-19(21)20-9-4-6-11-22(20)23/h1,3-6,8-11,23H,7,12-18H2. The summed E-state index contributed by atoms with van der Waals surface area (Å²) < 4.78 is 5.79. The molecular weight excluding hydrogens is 360 g/mol. The van der Waals surface area contributed by atoms with Crippen LogP contribution >= 0.6 is 0 Å². The van der Waals surface area contributed by atoms with Crippen LogP contribution in [0.3, 0.4) is 0 Å². The molecule has 4 nitrogen and oxygen atoms in total. The van der Waals surface area contributed by atoms with E-state index in [-0.39, 0.29) is 17.6 Å². The lowest BCUT2D eigenvalue weighted by Gasteiger charge is -2.49. The maximum Gasteiger partial charge on any atom is 0.409 e. The molecule has 2 aromatic carbocycles. The molecule has 5 rings (SSSR count). The van der Waals surface area contributed by atoms with E-state index in [9.17, 15) is 4.79 Å². The Morgan fingerprint density at radius 1 is 1.00 bits per heavy atom. The lowest BCUT2D eigenvalue weighted by Crippen LogP contribution is -2.60. The van der Waals surface area contributed by atoms with Crippen molar-refractivity contribution in [2.75, 3.05) is 32.8 Å². The number of carbonyl (C=O) groups excluding carboxylic acids is 1. The predicted octanol–water partition coefficient (Wildman–Crippen LogP) is 4.11. The topological polar surface area (TPSA) is 32.8 Å². The van der Waals surface area contributed by atoms with Crippen molar-refractivity contribution in [3.05, 3.63) is 59.7 Å². The fraction of sp³-hybridized carbons (Fsp3) is 0.400. The number of benzene rings is 2. The summed E-state index contributed by atoms with van der Waals surface area (Å²) in [4.78, 5) is 16.9. The molecule has 1 amide bonds. The van der Waals surface area contributed by atoms with Crippen molar-refractivity contribution in [3.63, 3.8) is 0 Å². The smallest absolute Gasteiger partial charge is 0.409 e. The van der Waals surface area contributed by atoms with Crippen LogP contribution in [-0.4, -0.2) is 54.2 Å². The molecular formula is C25H26N2O2. The van der Waals surface area contributed by atoms with Crippen molar-refractivity contribution in [2.45, 2.75) is 30.7 Å². The molecule has 148 valence electrons. The maximum absolute atomic E-state index is 12.7. The Balaban J connectivity index is 1.23. The summed E-state index contributed by atoms with van der Waals surface area (Å²) in [5.41, 5.74) is 4.92. The van der Waals surface area contributed by atoms with Crippen molar-refractivity contribution >= 4 is 6.09 Å². The van der Waals surface area contributed by atoms with Crippen molar-refractivity contribution in [3.8, 4) is 23.5 Å². The van der Waals surface area contributed by atoms with E-state index in [1.807, 2.05) is 4.90 Å². The largest absolute Gasteiger partial charge is 0.448 e. The molecule has 4 heteroatoms. The Bertz CT molecular complexity index is 919. The first-order chi connectivity index (χ1) is 14.2. The fourth-order valence-corrected chi connectivity index (χ4v) is 5.07. The quantitative estimate of drug-likeness (QED) is 0.745. The SMILES string of the molecule is C#CC1(N2CCN(C(=O)OCC3c4ccccc4-c4ccccc43)CC2)CCC1. The van der Waals surface area contributed by atoms with Gasteiger partial charge in [-0.2, -0.15) is 0 Å². The zero-order chi connectivity index (χ0) is 19.8. The minimum Gasteiger partial charge on any atom is -0.448 e. The van der Waals surface area contributed by atoms with E-state index < -0.39 is 0 Å². The summed E-state index contributed by atoms with van der Waals surface area (Å²) >= 11 is 0. The molecule has 0 atom stereocenters. The van der Waals surface area contributed by atoms with E-state index in [1.165, 1.54) is 28.7 Å². The van der Waals surface area contributed by atoms with E-state index in [0.717, 1.165) is 25.9 Å². The average molecular weight is 386 g/mol. The Kier molecular flexibility index (Phi) is 4.56. The number of amides is 1. The van der Waals surface area contributed by atoms with Gasteiger partial charge in [0.1, 0.15) is 6.61 Å². The van der Waals surface area contributed by atoms with Crippen molar-refractivity contribution in [1.29, 1.82) is 0 Å². The lowest BCUT2D eigenvalue weighted by atomic mass is 9.75. The number of fused-ring (bicyclic) bond motifs is 3. The number of ether oxygens (including phenoxy) is 1. The minimum atomic E-state index is -0.213. The van der Waals surface area contributed by atoms with Gasteiger partial charge in [-0.3, -0.25) is 4.90 Å². The first-order valence-electron chi connectivity index (χ1n) is 10.5. The van der Waals surface area contributed by atoms with Gasteiger partial charge in [0.15, 0.2) is 0 Å². The number of hydrogen-bond acceptors (Lipinski definition) is 3. The van der Waals surface area contributed by atoms with Gasteiger partial charge < -0.3 is 9.64 Å². The number of piperazine rings is 1. The number of nitrogens with zero attached hydrogens (tertiary/aromatic N) is 2. The second-order valence-corrected chi connectivity index (χ2v) is 8.31. The highest BCUT2D eigenvalue weighted by Crippen LogP contribution is 2.44. The van der Waals surface area contributed by atoms with Crippen molar-refractivity contribution < 1.29 is 9.53 Å². The second-order valence-electron chi connectivity index (χ2n) is 8.31. The summed E-state index contributed by atoms with van der Waals surface area (Å²) in [6.45, 7) is 3.39. The van der Waals surface area contributed by atoms with Crippen LogP contribution in [0, 0.1) is 12.3 Å². The highest BCUT2D eigenvalue weighted by Gasteiger charge is 2.42. The van der Waals surface area contributed by atoms with Crippen molar-refractivity contribution in [1.82, 2.24) is 9.80 Å². The molecule has 0 N–H and O–H groups in total. The first-order valence-corrected chi connectivity index (χ1v) is 10.5. The Hall–Kier alpha value is -2.77. The molecule has 1 heterocycles. The van der Waals surface area contributed by atoms with Crippen LogP contribution in [0.1, 0.15) is 36.3 Å². The zero-order valence-electron chi connectivity index (χ0n) is 16.6. The first kappa shape index (κ1) is 18.3. The van der Waals surface area contributed by atoms with Gasteiger partial charge in [-0.15, -0.1) is 6.42 Å². The van der Waals surface area contributed by atoms with Gasteiger partial charge in [-0.05, 0) is 41.5 Å². The molecule has 0 spiro atoms. The monoisotopic (exact) mass is 386 g/mol. The van der Waals surface area contributed by atoms with Gasteiger partial charge in [-0.1, -0.05) is 54.5 Å². The number of rotatable bonds is 3. The lowest BCUT2D eigenvalue weighted by molar-refractivity contribution is 0.0156. The molecule has 0 aromatic heterocycles. The second kappa shape index (κ2) is 7.24. The molecule has 3 aliphatic rings. The van der Waals surface area contributed by atoms with Crippen LogP contribution in [0.15, 0.2) is 48.5 Å². The third kappa shape index (κ3) is 3.01. The molecule has 0 bridgehead atoms. The van der Waals surface area contributed by atoms with Crippen LogP contribution in [0.4, 0.5) is 4.79 Å². The summed E-state index contributed by atoms with van der Waals surface area (Å²) in [5.74, 6) is 3.10. The van der Waals surface area contributed by atoms with Gasteiger partial charge in [-0.25, -0.2) is 4.79 Å². The van der Waals surface area contributed by atoms with Gasteiger partial charge in [0.25, 0.3) is 0 Å². The fourth-order valence-electron chi connectivity index (χ4n) is 5.07. The number of hydrogen-bond donors (Lipinski definition) is 0. The molecule has 1 saturated carbocycles. The van der Waals surface area contributed by atoms with E-state index in [4.69, 9.17) is 11.2 Å². The van der Waals surface area contributed by atoms with Gasteiger partial charge in [0.05, 0.1) is 5.54 Å². The molecule has 29 heavy (non-hydrogen) atoms. The molecule has 1 saturated heterocycles. The molecule has 2 fully saturated rings. The van der Waals surface area contributed by atoms with Gasteiger partial charge >= 0.3 is 6.09 Å². The summed E-state index contributed by atoms with van der Waals surface area (Å²) in [7, 11) is 0. The molecule has 2 aliphatic carbocycles. The zero-order valence-corrected chi connectivity index (χ0v) is 16.6. The molecule has 1 aliphatic heterocycles. The van der Waals surface area contributed by atoms with Crippen LogP contribution in [0.25, 0.3) is 11.1 Å². The van der Waals surface area contributed by atoms with Crippen LogP contribution in [0.5, 0.6) is 0 Å². The summed E-state index contributed by atoms with van der Waals surface area (Å²) in [6, 6.07) is 16.8. The Morgan fingerprint density at radius 2 is 1.59 bits per heavy atom. The van der Waals surface area contributed by atoms with Crippen LogP contribution in [0.2, 0.25) is 0 Å². The number of terminal acetylenes is 1. The van der Waals surface area contributed by atoms with E-state index in [0.29, 0.717) is 19.7 Å². The predicted molar refractivity (Wildman–Crippen MR) is 114 cm³/mol. The Labute approximate surface area is 172 Å². The van der Waals surface area contributed by atoms with Crippen molar-refractivity contribution in [2.24, 2.45) is 0 Å².